The lowest BCUT2D eigenvalue weighted by Gasteiger charge is -2.20. The zero-order valence-electron chi connectivity index (χ0n) is 19.3. The van der Waals surface area contributed by atoms with Crippen molar-refractivity contribution in [3.8, 4) is 0 Å². The van der Waals surface area contributed by atoms with Crippen LogP contribution in [0.15, 0.2) is 52.3 Å². The van der Waals surface area contributed by atoms with E-state index in [1.165, 1.54) is 16.6 Å². The van der Waals surface area contributed by atoms with Gasteiger partial charge in [-0.05, 0) is 31.0 Å². The fraction of sp³-hybridized carbons (Fsp3) is 0.391. The summed E-state index contributed by atoms with van der Waals surface area (Å²) in [5.41, 5.74) is 0.899. The number of rotatable bonds is 8. The minimum atomic E-state index is -3.76. The Morgan fingerprint density at radius 3 is 2.32 bits per heavy atom. The monoisotopic (exact) mass is 484 g/mol. The Labute approximate surface area is 198 Å². The van der Waals surface area contributed by atoms with Crippen LogP contribution < -0.4 is 15.8 Å². The van der Waals surface area contributed by atoms with Crippen molar-refractivity contribution in [2.45, 2.75) is 38.1 Å². The third-order valence-electron chi connectivity index (χ3n) is 5.83. The molecular formula is C23H28N6O4S. The van der Waals surface area contributed by atoms with E-state index < -0.39 is 21.5 Å². The van der Waals surface area contributed by atoms with Gasteiger partial charge in [0, 0.05) is 38.4 Å². The summed E-state index contributed by atoms with van der Waals surface area (Å²) in [7, 11) is -3.76. The van der Waals surface area contributed by atoms with Gasteiger partial charge in [-0.15, -0.1) is 0 Å². The van der Waals surface area contributed by atoms with E-state index in [-0.39, 0.29) is 11.4 Å². The Balaban J connectivity index is 1.62. The maximum atomic E-state index is 12.9. The average Bonchev–Trinajstić information content (AvgIpc) is 3.35. The van der Waals surface area contributed by atoms with Crippen molar-refractivity contribution in [2.24, 2.45) is 0 Å². The SMILES string of the molecule is CCN(CC)S(=O)(=O)c1ccc(=O)n(CC(=O)Nc2nc3ccccc3nc2N2CCCC2)c1. The summed E-state index contributed by atoms with van der Waals surface area (Å²) in [4.78, 5) is 36.7. The van der Waals surface area contributed by atoms with Crippen LogP contribution in [0.25, 0.3) is 11.0 Å². The summed E-state index contributed by atoms with van der Waals surface area (Å²) >= 11 is 0. The van der Waals surface area contributed by atoms with Crippen LogP contribution in [0.2, 0.25) is 0 Å². The van der Waals surface area contributed by atoms with Crippen LogP contribution in [0.1, 0.15) is 26.7 Å². The molecule has 0 radical (unpaired) electrons. The summed E-state index contributed by atoms with van der Waals surface area (Å²) in [5, 5.41) is 2.78. The van der Waals surface area contributed by atoms with Gasteiger partial charge in [-0.25, -0.2) is 18.4 Å². The predicted molar refractivity (Wildman–Crippen MR) is 130 cm³/mol. The minimum absolute atomic E-state index is 0.0353. The van der Waals surface area contributed by atoms with Gasteiger partial charge >= 0.3 is 0 Å². The van der Waals surface area contributed by atoms with Crippen molar-refractivity contribution in [1.29, 1.82) is 0 Å². The Hall–Kier alpha value is -3.31. The van der Waals surface area contributed by atoms with Gasteiger partial charge in [-0.3, -0.25) is 9.59 Å². The molecule has 1 aliphatic heterocycles. The van der Waals surface area contributed by atoms with Crippen molar-refractivity contribution in [3.63, 3.8) is 0 Å². The van der Waals surface area contributed by atoms with Crippen molar-refractivity contribution >= 4 is 38.6 Å². The maximum absolute atomic E-state index is 12.9. The highest BCUT2D eigenvalue weighted by Gasteiger charge is 2.24. The van der Waals surface area contributed by atoms with E-state index in [2.05, 4.69) is 15.2 Å². The molecule has 3 heterocycles. The molecule has 11 heteroatoms. The topological polar surface area (TPSA) is 118 Å². The fourth-order valence-electron chi connectivity index (χ4n) is 4.05. The number of amides is 1. The molecule has 1 N–H and O–H groups in total. The molecule has 0 saturated carbocycles. The van der Waals surface area contributed by atoms with Gasteiger partial charge in [-0.2, -0.15) is 4.31 Å². The lowest BCUT2D eigenvalue weighted by molar-refractivity contribution is -0.116. The third kappa shape index (κ3) is 4.80. The standard InChI is InChI=1S/C23H28N6O4S/c1-3-29(4-2)34(32,33)17-11-12-21(31)28(15-17)16-20(30)26-22-23(27-13-7-8-14-27)25-19-10-6-5-9-18(19)24-22/h5-6,9-12,15H,3-4,7-8,13-14,16H2,1-2H3,(H,24,26,30). The maximum Gasteiger partial charge on any atom is 0.251 e. The second-order valence-corrected chi connectivity index (χ2v) is 9.99. The smallest absolute Gasteiger partial charge is 0.251 e. The van der Waals surface area contributed by atoms with E-state index in [1.807, 2.05) is 24.3 Å². The van der Waals surface area contributed by atoms with Crippen molar-refractivity contribution in [3.05, 3.63) is 52.9 Å². The number of nitrogens with zero attached hydrogens (tertiary/aromatic N) is 5. The molecule has 3 aromatic rings. The molecule has 0 spiro atoms. The number of sulfonamides is 1. The average molecular weight is 485 g/mol. The molecule has 0 bridgehead atoms. The quantitative estimate of drug-likeness (QED) is 0.520. The number of hydrogen-bond acceptors (Lipinski definition) is 7. The number of aromatic nitrogens is 3. The Morgan fingerprint density at radius 2 is 1.68 bits per heavy atom. The van der Waals surface area contributed by atoms with Gasteiger partial charge < -0.3 is 14.8 Å². The molecule has 1 saturated heterocycles. The molecule has 180 valence electrons. The molecule has 4 rings (SSSR count). The van der Waals surface area contributed by atoms with Crippen molar-refractivity contribution in [2.75, 3.05) is 36.4 Å². The second-order valence-electron chi connectivity index (χ2n) is 8.05. The first-order valence-electron chi connectivity index (χ1n) is 11.4. The minimum Gasteiger partial charge on any atom is -0.354 e. The highest BCUT2D eigenvalue weighted by Crippen LogP contribution is 2.27. The van der Waals surface area contributed by atoms with E-state index in [0.717, 1.165) is 42.1 Å². The number of hydrogen-bond donors (Lipinski definition) is 1. The molecule has 1 aromatic carbocycles. The van der Waals surface area contributed by atoms with Crippen LogP contribution in [-0.2, 0) is 21.4 Å². The Kier molecular flexibility index (Phi) is 6.94. The Morgan fingerprint density at radius 1 is 1.03 bits per heavy atom. The number of fused-ring (bicyclic) bond motifs is 1. The summed E-state index contributed by atoms with van der Waals surface area (Å²) in [6.07, 6.45) is 3.28. The van der Waals surface area contributed by atoms with E-state index in [1.54, 1.807) is 13.8 Å². The summed E-state index contributed by atoms with van der Waals surface area (Å²) in [6, 6.07) is 9.85. The summed E-state index contributed by atoms with van der Waals surface area (Å²) in [5.74, 6) is 0.421. The van der Waals surface area contributed by atoms with Gasteiger partial charge in [0.2, 0.25) is 15.9 Å². The normalized spacial score (nSPS) is 14.1. The molecular weight excluding hydrogens is 456 g/mol. The molecule has 34 heavy (non-hydrogen) atoms. The molecule has 10 nitrogen and oxygen atoms in total. The van der Waals surface area contributed by atoms with Gasteiger partial charge in [0.25, 0.3) is 5.56 Å². The van der Waals surface area contributed by atoms with Crippen LogP contribution in [0, 0.1) is 0 Å². The first-order chi connectivity index (χ1) is 16.3. The molecule has 0 unspecified atom stereocenters. The highest BCUT2D eigenvalue weighted by molar-refractivity contribution is 7.89. The summed E-state index contributed by atoms with van der Waals surface area (Å²) in [6.45, 7) is 5.38. The zero-order chi connectivity index (χ0) is 24.3. The van der Waals surface area contributed by atoms with Crippen LogP contribution in [0.4, 0.5) is 11.6 Å². The first kappa shape index (κ1) is 23.8. The fourth-order valence-corrected chi connectivity index (χ4v) is 5.53. The zero-order valence-corrected chi connectivity index (χ0v) is 20.1. The largest absolute Gasteiger partial charge is 0.354 e. The number of carbonyl (C=O) groups excluding carboxylic acids is 1. The molecule has 2 aromatic heterocycles. The van der Waals surface area contributed by atoms with Crippen LogP contribution in [0.3, 0.4) is 0 Å². The van der Waals surface area contributed by atoms with Crippen molar-refractivity contribution in [1.82, 2.24) is 18.8 Å². The number of anilines is 2. The number of benzene rings is 1. The number of para-hydroxylation sites is 2. The second kappa shape index (κ2) is 9.90. The highest BCUT2D eigenvalue weighted by atomic mass is 32.2. The van der Waals surface area contributed by atoms with Crippen LogP contribution in [0.5, 0.6) is 0 Å². The van der Waals surface area contributed by atoms with E-state index in [9.17, 15) is 18.0 Å². The van der Waals surface area contributed by atoms with Crippen LogP contribution in [-0.4, -0.2) is 59.3 Å². The van der Waals surface area contributed by atoms with Crippen LogP contribution >= 0.6 is 0 Å². The molecule has 1 amide bonds. The lowest BCUT2D eigenvalue weighted by atomic mass is 10.3. The molecule has 0 aliphatic carbocycles. The van der Waals surface area contributed by atoms with Gasteiger partial charge in [0.15, 0.2) is 11.6 Å². The van der Waals surface area contributed by atoms with Gasteiger partial charge in [0.1, 0.15) is 6.54 Å². The summed E-state index contributed by atoms with van der Waals surface area (Å²) < 4.78 is 28.1. The van der Waals surface area contributed by atoms with Gasteiger partial charge in [0.05, 0.1) is 15.9 Å². The van der Waals surface area contributed by atoms with E-state index in [0.29, 0.717) is 30.2 Å². The number of pyridine rings is 1. The van der Waals surface area contributed by atoms with E-state index >= 15 is 0 Å². The first-order valence-corrected chi connectivity index (χ1v) is 12.8. The predicted octanol–water partition coefficient (Wildman–Crippen LogP) is 2.06. The number of nitrogens with one attached hydrogen (secondary N) is 1. The lowest BCUT2D eigenvalue weighted by Crippen LogP contribution is -2.33. The molecule has 0 atom stereocenters. The number of carbonyl (C=O) groups is 1. The van der Waals surface area contributed by atoms with Crippen molar-refractivity contribution < 1.29 is 13.2 Å². The molecule has 1 fully saturated rings. The Bertz CT molecular complexity index is 1360. The van der Waals surface area contributed by atoms with Gasteiger partial charge in [-0.1, -0.05) is 26.0 Å². The van der Waals surface area contributed by atoms with E-state index in [4.69, 9.17) is 4.98 Å². The third-order valence-corrected chi connectivity index (χ3v) is 7.86. The molecule has 1 aliphatic rings.